The fraction of sp³-hybridized carbons (Fsp3) is 0.400. The summed E-state index contributed by atoms with van der Waals surface area (Å²) in [5.41, 5.74) is 1.77. The van der Waals surface area contributed by atoms with Crippen LogP contribution in [0.4, 0.5) is 0 Å². The minimum Gasteiger partial charge on any atom is -0.493 e. The van der Waals surface area contributed by atoms with E-state index in [4.69, 9.17) is 4.74 Å². The molecule has 0 atom stereocenters. The van der Waals surface area contributed by atoms with Gasteiger partial charge in [0.05, 0.1) is 17.2 Å². The Morgan fingerprint density at radius 2 is 2.18 bits per heavy atom. The van der Waals surface area contributed by atoms with E-state index in [2.05, 4.69) is 27.1 Å². The number of rotatable bonds is 6. The van der Waals surface area contributed by atoms with Crippen LogP contribution in [0.25, 0.3) is 11.0 Å². The number of ether oxygens (including phenoxy) is 1. The maximum absolute atomic E-state index is 12.2. The van der Waals surface area contributed by atoms with E-state index in [9.17, 15) is 4.79 Å². The van der Waals surface area contributed by atoms with Crippen LogP contribution in [0.5, 0.6) is 5.75 Å². The molecule has 6 nitrogen and oxygen atoms in total. The molecule has 0 bridgehead atoms. The molecule has 0 spiro atoms. The van der Waals surface area contributed by atoms with E-state index >= 15 is 0 Å². The SMILES string of the molecule is CCCc1[nH]nc2c(=O)[nH]c(Cc3sccc3OCC)nc12. The molecular weight excluding hydrogens is 300 g/mol. The molecule has 0 aliphatic rings. The number of hydrogen-bond acceptors (Lipinski definition) is 5. The summed E-state index contributed by atoms with van der Waals surface area (Å²) in [6.07, 6.45) is 2.35. The third-order valence-electron chi connectivity index (χ3n) is 3.36. The predicted octanol–water partition coefficient (Wildman–Crippen LogP) is 2.65. The van der Waals surface area contributed by atoms with Crippen LogP contribution in [0, 0.1) is 0 Å². The zero-order chi connectivity index (χ0) is 15.5. The second-order valence-corrected chi connectivity index (χ2v) is 5.98. The quantitative estimate of drug-likeness (QED) is 0.732. The van der Waals surface area contributed by atoms with E-state index < -0.39 is 0 Å². The summed E-state index contributed by atoms with van der Waals surface area (Å²) < 4.78 is 5.59. The molecule has 0 aliphatic carbocycles. The lowest BCUT2D eigenvalue weighted by Gasteiger charge is -2.04. The van der Waals surface area contributed by atoms with Gasteiger partial charge in [0.1, 0.15) is 17.1 Å². The standard InChI is InChI=1S/C15H18N4O2S/c1-3-5-9-13-14(19-18-9)15(20)17-12(16-13)8-11-10(21-4-2)6-7-22-11/h6-7H,3-5,8H2,1-2H3,(H,18,19)(H,16,17,20). The zero-order valence-corrected chi connectivity index (χ0v) is 13.4. The third kappa shape index (κ3) is 2.76. The second kappa shape index (κ2) is 6.31. The Bertz CT molecular complexity index is 834. The molecule has 3 rings (SSSR count). The number of nitrogens with one attached hydrogen (secondary N) is 2. The van der Waals surface area contributed by atoms with Crippen molar-refractivity contribution in [3.63, 3.8) is 0 Å². The number of H-pyrrole nitrogens is 2. The molecule has 0 unspecified atom stereocenters. The summed E-state index contributed by atoms with van der Waals surface area (Å²) >= 11 is 1.60. The van der Waals surface area contributed by atoms with Crippen molar-refractivity contribution in [1.82, 2.24) is 20.2 Å². The highest BCUT2D eigenvalue weighted by atomic mass is 32.1. The van der Waals surface area contributed by atoms with Crippen LogP contribution in [-0.2, 0) is 12.8 Å². The average Bonchev–Trinajstić information content (AvgIpc) is 3.09. The number of thiophene rings is 1. The first-order valence-electron chi connectivity index (χ1n) is 7.38. The summed E-state index contributed by atoms with van der Waals surface area (Å²) in [6, 6.07) is 1.94. The molecule has 0 aromatic carbocycles. The topological polar surface area (TPSA) is 83.7 Å². The molecule has 3 aromatic rings. The summed E-state index contributed by atoms with van der Waals surface area (Å²) in [7, 11) is 0. The Balaban J connectivity index is 1.98. The van der Waals surface area contributed by atoms with Crippen molar-refractivity contribution in [1.29, 1.82) is 0 Å². The van der Waals surface area contributed by atoms with E-state index in [-0.39, 0.29) is 5.56 Å². The van der Waals surface area contributed by atoms with Crippen LogP contribution >= 0.6 is 11.3 Å². The normalized spacial score (nSPS) is 11.2. The molecule has 116 valence electrons. The molecule has 0 aliphatic heterocycles. The highest BCUT2D eigenvalue weighted by molar-refractivity contribution is 7.10. The molecule has 22 heavy (non-hydrogen) atoms. The van der Waals surface area contributed by atoms with Gasteiger partial charge in [0, 0.05) is 6.42 Å². The lowest BCUT2D eigenvalue weighted by Crippen LogP contribution is -2.12. The van der Waals surface area contributed by atoms with E-state index in [1.165, 1.54) is 0 Å². The first-order valence-corrected chi connectivity index (χ1v) is 8.26. The monoisotopic (exact) mass is 318 g/mol. The van der Waals surface area contributed by atoms with Gasteiger partial charge < -0.3 is 9.72 Å². The van der Waals surface area contributed by atoms with Crippen LogP contribution in [0.3, 0.4) is 0 Å². The number of nitrogens with zero attached hydrogens (tertiary/aromatic N) is 2. The van der Waals surface area contributed by atoms with Crippen LogP contribution in [0.15, 0.2) is 16.2 Å². The molecule has 0 saturated heterocycles. The first-order chi connectivity index (χ1) is 10.7. The largest absolute Gasteiger partial charge is 0.493 e. The number of aromatic nitrogens is 4. The van der Waals surface area contributed by atoms with E-state index in [0.717, 1.165) is 29.2 Å². The van der Waals surface area contributed by atoms with Gasteiger partial charge in [-0.25, -0.2) is 4.98 Å². The van der Waals surface area contributed by atoms with Gasteiger partial charge >= 0.3 is 0 Å². The molecule has 0 fully saturated rings. The summed E-state index contributed by atoms with van der Waals surface area (Å²) in [5.74, 6) is 1.50. The first kappa shape index (κ1) is 14.8. The molecule has 0 radical (unpaired) electrons. The van der Waals surface area contributed by atoms with Crippen LogP contribution in [0.1, 0.15) is 36.7 Å². The molecule has 3 aromatic heterocycles. The van der Waals surface area contributed by atoms with Gasteiger partial charge in [0.15, 0.2) is 5.52 Å². The molecule has 2 N–H and O–H groups in total. The summed E-state index contributed by atoms with van der Waals surface area (Å²) in [5, 5.41) is 8.97. The lowest BCUT2D eigenvalue weighted by atomic mass is 10.2. The van der Waals surface area contributed by atoms with E-state index in [1.54, 1.807) is 11.3 Å². The van der Waals surface area contributed by atoms with Gasteiger partial charge in [-0.3, -0.25) is 9.89 Å². The lowest BCUT2D eigenvalue weighted by molar-refractivity contribution is 0.339. The smallest absolute Gasteiger partial charge is 0.279 e. The number of fused-ring (bicyclic) bond motifs is 1. The third-order valence-corrected chi connectivity index (χ3v) is 4.27. The van der Waals surface area contributed by atoms with E-state index in [1.807, 2.05) is 18.4 Å². The van der Waals surface area contributed by atoms with Gasteiger partial charge in [0.2, 0.25) is 0 Å². The molecule has 3 heterocycles. The average molecular weight is 318 g/mol. The Morgan fingerprint density at radius 1 is 1.32 bits per heavy atom. The van der Waals surface area contributed by atoms with Crippen molar-refractivity contribution in [2.75, 3.05) is 6.61 Å². The summed E-state index contributed by atoms with van der Waals surface area (Å²) in [6.45, 7) is 4.66. The van der Waals surface area contributed by atoms with Crippen molar-refractivity contribution >= 4 is 22.4 Å². The van der Waals surface area contributed by atoms with Crippen molar-refractivity contribution in [3.05, 3.63) is 38.2 Å². The number of hydrogen-bond donors (Lipinski definition) is 2. The maximum Gasteiger partial charge on any atom is 0.279 e. The minimum atomic E-state index is -0.201. The molecular formula is C15H18N4O2S. The highest BCUT2D eigenvalue weighted by Gasteiger charge is 2.14. The minimum absolute atomic E-state index is 0.201. The van der Waals surface area contributed by atoms with Crippen LogP contribution in [-0.4, -0.2) is 26.8 Å². The fourth-order valence-corrected chi connectivity index (χ4v) is 3.23. The van der Waals surface area contributed by atoms with Crippen molar-refractivity contribution < 1.29 is 4.74 Å². The van der Waals surface area contributed by atoms with Crippen molar-refractivity contribution in [2.45, 2.75) is 33.1 Å². The van der Waals surface area contributed by atoms with Crippen LogP contribution in [0.2, 0.25) is 0 Å². The molecule has 0 saturated carbocycles. The predicted molar refractivity (Wildman–Crippen MR) is 86.8 cm³/mol. The van der Waals surface area contributed by atoms with Crippen LogP contribution < -0.4 is 10.3 Å². The fourth-order valence-electron chi connectivity index (χ4n) is 2.41. The Labute approximate surface area is 131 Å². The van der Waals surface area contributed by atoms with Gasteiger partial charge in [-0.15, -0.1) is 11.3 Å². The molecule has 7 heteroatoms. The van der Waals surface area contributed by atoms with Gasteiger partial charge in [-0.2, -0.15) is 5.10 Å². The van der Waals surface area contributed by atoms with Gasteiger partial charge in [0.25, 0.3) is 5.56 Å². The van der Waals surface area contributed by atoms with Crippen molar-refractivity contribution in [2.24, 2.45) is 0 Å². The van der Waals surface area contributed by atoms with Gasteiger partial charge in [-0.05, 0) is 24.8 Å². The Kier molecular flexibility index (Phi) is 4.24. The number of aryl methyl sites for hydroxylation is 1. The van der Waals surface area contributed by atoms with Gasteiger partial charge in [-0.1, -0.05) is 13.3 Å². The van der Waals surface area contributed by atoms with E-state index in [0.29, 0.717) is 29.9 Å². The zero-order valence-electron chi connectivity index (χ0n) is 12.6. The number of aromatic amines is 2. The Hall–Kier alpha value is -2.15. The second-order valence-electron chi connectivity index (χ2n) is 4.98. The summed E-state index contributed by atoms with van der Waals surface area (Å²) in [4.78, 5) is 20.6. The Morgan fingerprint density at radius 3 is 2.95 bits per heavy atom. The maximum atomic E-state index is 12.2. The molecule has 0 amide bonds. The highest BCUT2D eigenvalue weighted by Crippen LogP contribution is 2.26. The van der Waals surface area contributed by atoms with Crippen molar-refractivity contribution in [3.8, 4) is 5.75 Å².